The van der Waals surface area contributed by atoms with Gasteiger partial charge in [-0.2, -0.15) is 22.0 Å². The molecule has 0 radical (unpaired) electrons. The molecule has 0 aromatic heterocycles. The first-order valence-electron chi connectivity index (χ1n) is 12.7. The molecule has 232 valence electrons. The van der Waals surface area contributed by atoms with Crippen LogP contribution in [-0.2, 0) is 15.6 Å². The summed E-state index contributed by atoms with van der Waals surface area (Å²) < 4.78 is 158. The van der Waals surface area contributed by atoms with Gasteiger partial charge in [0.1, 0.15) is 28.8 Å². The van der Waals surface area contributed by atoms with Crippen LogP contribution in [-0.4, -0.2) is 19.4 Å². The first-order valence-corrected chi connectivity index (χ1v) is 12.7. The molecule has 43 heavy (non-hydrogen) atoms. The van der Waals surface area contributed by atoms with Gasteiger partial charge in [-0.15, -0.1) is 0 Å². The van der Waals surface area contributed by atoms with Gasteiger partial charge < -0.3 is 18.9 Å². The number of hydrogen-bond acceptors (Lipinski definition) is 4. The van der Waals surface area contributed by atoms with Gasteiger partial charge in [0.25, 0.3) is 0 Å². The SMILES string of the molecule is CCCC1COC(c2ccc(-c3cc(F)c(C(F)(F)Oc4cc(F)c(O/C=C\C(F)(F)F)c(F)c4)c(F)c3)c(F)c2)OC1. The third-order valence-electron chi connectivity index (χ3n) is 6.23. The van der Waals surface area contributed by atoms with Crippen molar-refractivity contribution >= 4 is 0 Å². The Kier molecular flexibility index (Phi) is 9.60. The largest absolute Gasteiger partial charge is 0.459 e. The summed E-state index contributed by atoms with van der Waals surface area (Å²) in [6.45, 7) is 2.80. The molecule has 14 heteroatoms. The molecule has 3 aromatic rings. The Bertz CT molecular complexity index is 1430. The smallest absolute Gasteiger partial charge is 0.432 e. The second-order valence-corrected chi connectivity index (χ2v) is 9.50. The van der Waals surface area contributed by atoms with Gasteiger partial charge in [-0.25, -0.2) is 22.0 Å². The van der Waals surface area contributed by atoms with Crippen molar-refractivity contribution in [3.05, 3.63) is 95.0 Å². The van der Waals surface area contributed by atoms with Crippen LogP contribution in [0.5, 0.6) is 11.5 Å². The maximum Gasteiger partial charge on any atom is 0.432 e. The monoisotopic (exact) mass is 624 g/mol. The summed E-state index contributed by atoms with van der Waals surface area (Å²) in [6, 6.07) is 4.63. The summed E-state index contributed by atoms with van der Waals surface area (Å²) in [7, 11) is 0. The Morgan fingerprint density at radius 2 is 1.42 bits per heavy atom. The molecule has 1 saturated heterocycles. The fourth-order valence-corrected chi connectivity index (χ4v) is 4.32. The molecule has 0 spiro atoms. The standard InChI is InChI=1S/C29H22F10O4/c1-2-3-15-13-41-27(42-14-15)16-4-5-19(20(30)8-16)17-9-21(31)25(22(32)10-17)29(38,39)43-18-11-23(33)26(24(34)12-18)40-7-6-28(35,36)37/h4-12,15,27H,2-3,13-14H2,1H3/b7-6-. The Morgan fingerprint density at radius 1 is 0.814 bits per heavy atom. The van der Waals surface area contributed by atoms with Crippen molar-refractivity contribution in [1.29, 1.82) is 0 Å². The molecule has 0 atom stereocenters. The summed E-state index contributed by atoms with van der Waals surface area (Å²) in [5, 5.41) is 0. The van der Waals surface area contributed by atoms with Gasteiger partial charge in [0, 0.05) is 29.2 Å². The van der Waals surface area contributed by atoms with E-state index in [0.717, 1.165) is 25.0 Å². The molecule has 4 rings (SSSR count). The molecule has 0 amide bonds. The van der Waals surface area contributed by atoms with Crippen molar-refractivity contribution in [2.75, 3.05) is 13.2 Å². The van der Waals surface area contributed by atoms with Crippen LogP contribution >= 0.6 is 0 Å². The molecule has 3 aromatic carbocycles. The van der Waals surface area contributed by atoms with E-state index in [9.17, 15) is 43.9 Å². The van der Waals surface area contributed by atoms with Gasteiger partial charge in [0.15, 0.2) is 23.7 Å². The molecule has 1 heterocycles. The Labute approximate surface area is 238 Å². The van der Waals surface area contributed by atoms with E-state index in [1.54, 1.807) is 0 Å². The van der Waals surface area contributed by atoms with Crippen LogP contribution in [0.15, 0.2) is 54.8 Å². The van der Waals surface area contributed by atoms with E-state index >= 15 is 0 Å². The van der Waals surface area contributed by atoms with E-state index in [1.165, 1.54) is 6.07 Å². The highest BCUT2D eigenvalue weighted by atomic mass is 19.4. The molecular formula is C29H22F10O4. The minimum atomic E-state index is -4.87. The van der Waals surface area contributed by atoms with Gasteiger partial charge in [0.05, 0.1) is 25.6 Å². The fourth-order valence-electron chi connectivity index (χ4n) is 4.32. The summed E-state index contributed by atoms with van der Waals surface area (Å²) in [6.07, 6.45) is -9.33. The first-order chi connectivity index (χ1) is 20.2. The summed E-state index contributed by atoms with van der Waals surface area (Å²) in [4.78, 5) is 0. The maximum absolute atomic E-state index is 14.9. The molecule has 1 aliphatic heterocycles. The number of benzene rings is 3. The highest BCUT2D eigenvalue weighted by Gasteiger charge is 2.42. The van der Waals surface area contributed by atoms with Crippen LogP contribution in [0.1, 0.15) is 37.2 Å². The third-order valence-corrected chi connectivity index (χ3v) is 6.23. The zero-order valence-corrected chi connectivity index (χ0v) is 22.1. The zero-order chi connectivity index (χ0) is 31.5. The number of alkyl halides is 5. The van der Waals surface area contributed by atoms with Crippen molar-refractivity contribution in [2.24, 2.45) is 5.92 Å². The molecular weight excluding hydrogens is 602 g/mol. The number of halogens is 10. The summed E-state index contributed by atoms with van der Waals surface area (Å²) in [5.74, 6) is -10.7. The average molecular weight is 624 g/mol. The van der Waals surface area contributed by atoms with Crippen LogP contribution in [0.2, 0.25) is 0 Å². The third kappa shape index (κ3) is 7.79. The normalized spacial score (nSPS) is 17.8. The molecule has 0 aliphatic carbocycles. The second-order valence-electron chi connectivity index (χ2n) is 9.50. The minimum absolute atomic E-state index is 0.0839. The quantitative estimate of drug-likeness (QED) is 0.176. The highest BCUT2D eigenvalue weighted by Crippen LogP contribution is 2.39. The van der Waals surface area contributed by atoms with Crippen LogP contribution in [0.3, 0.4) is 0 Å². The van der Waals surface area contributed by atoms with Crippen molar-refractivity contribution in [3.8, 4) is 22.6 Å². The van der Waals surface area contributed by atoms with E-state index in [4.69, 9.17) is 9.47 Å². The van der Waals surface area contributed by atoms with E-state index in [2.05, 4.69) is 9.47 Å². The first kappa shape index (κ1) is 32.1. The van der Waals surface area contributed by atoms with Gasteiger partial charge in [-0.05, 0) is 30.2 Å². The lowest BCUT2D eigenvalue weighted by Crippen LogP contribution is -2.27. The molecule has 1 fully saturated rings. The number of rotatable bonds is 9. The number of ether oxygens (including phenoxy) is 4. The molecule has 0 saturated carbocycles. The van der Waals surface area contributed by atoms with Crippen LogP contribution in [0.4, 0.5) is 43.9 Å². The predicted molar refractivity (Wildman–Crippen MR) is 131 cm³/mol. The van der Waals surface area contributed by atoms with Crippen LogP contribution < -0.4 is 9.47 Å². The lowest BCUT2D eigenvalue weighted by atomic mass is 10.00. The molecule has 1 aliphatic rings. The number of allylic oxidation sites excluding steroid dienone is 1. The van der Waals surface area contributed by atoms with E-state index in [-0.39, 0.29) is 29.9 Å². The zero-order valence-electron chi connectivity index (χ0n) is 22.1. The highest BCUT2D eigenvalue weighted by molar-refractivity contribution is 5.65. The second kappa shape index (κ2) is 12.8. The number of hydrogen-bond donors (Lipinski definition) is 0. The molecule has 0 N–H and O–H groups in total. The Morgan fingerprint density at radius 3 is 1.95 bits per heavy atom. The van der Waals surface area contributed by atoms with Gasteiger partial charge in [-0.3, -0.25) is 0 Å². The Hall–Kier alpha value is -3.78. The van der Waals surface area contributed by atoms with Crippen molar-refractivity contribution in [3.63, 3.8) is 0 Å². The summed E-state index contributed by atoms with van der Waals surface area (Å²) in [5.41, 5.74) is -2.44. The average Bonchev–Trinajstić information content (AvgIpc) is 2.89. The lowest BCUT2D eigenvalue weighted by Gasteiger charge is -2.29. The summed E-state index contributed by atoms with van der Waals surface area (Å²) >= 11 is 0. The molecule has 4 nitrogen and oxygen atoms in total. The van der Waals surface area contributed by atoms with Gasteiger partial charge >= 0.3 is 12.3 Å². The van der Waals surface area contributed by atoms with E-state index < -0.39 is 76.4 Å². The van der Waals surface area contributed by atoms with Crippen molar-refractivity contribution in [2.45, 2.75) is 38.3 Å². The van der Waals surface area contributed by atoms with Crippen LogP contribution in [0.25, 0.3) is 11.1 Å². The van der Waals surface area contributed by atoms with E-state index in [1.807, 2.05) is 6.92 Å². The van der Waals surface area contributed by atoms with Crippen molar-refractivity contribution < 1.29 is 62.9 Å². The van der Waals surface area contributed by atoms with Crippen LogP contribution in [0, 0.1) is 35.0 Å². The molecule has 0 bridgehead atoms. The predicted octanol–water partition coefficient (Wildman–Crippen LogP) is 9.09. The topological polar surface area (TPSA) is 36.9 Å². The maximum atomic E-state index is 14.9. The minimum Gasteiger partial charge on any atom is -0.459 e. The van der Waals surface area contributed by atoms with E-state index in [0.29, 0.717) is 30.9 Å². The fraction of sp³-hybridized carbons (Fsp3) is 0.310. The van der Waals surface area contributed by atoms with Gasteiger partial charge in [0.2, 0.25) is 0 Å². The van der Waals surface area contributed by atoms with Crippen molar-refractivity contribution in [1.82, 2.24) is 0 Å². The molecule has 0 unspecified atom stereocenters. The van der Waals surface area contributed by atoms with Gasteiger partial charge in [-0.1, -0.05) is 25.5 Å². The lowest BCUT2D eigenvalue weighted by molar-refractivity contribution is -0.206. The Balaban J connectivity index is 1.53.